The summed E-state index contributed by atoms with van der Waals surface area (Å²) in [6.07, 6.45) is 6.75. The molecule has 26 heavy (non-hydrogen) atoms. The molecule has 6 nitrogen and oxygen atoms in total. The van der Waals surface area contributed by atoms with Crippen molar-refractivity contribution in [2.75, 3.05) is 17.3 Å². The number of nitrogens with one attached hydrogen (secondary N) is 1. The first-order valence-corrected chi connectivity index (χ1v) is 9.76. The molecular weight excluding hydrogens is 346 g/mol. The number of pyridine rings is 1. The molecule has 0 spiro atoms. The van der Waals surface area contributed by atoms with Crippen LogP contribution in [0.1, 0.15) is 43.7 Å². The van der Waals surface area contributed by atoms with Gasteiger partial charge in [0, 0.05) is 41.6 Å². The van der Waals surface area contributed by atoms with Crippen molar-refractivity contribution >= 4 is 29.2 Å². The maximum Gasteiger partial charge on any atom is 0.191 e. The van der Waals surface area contributed by atoms with E-state index in [-0.39, 0.29) is 17.1 Å². The van der Waals surface area contributed by atoms with E-state index in [4.69, 9.17) is 5.73 Å². The van der Waals surface area contributed by atoms with Gasteiger partial charge in [0.15, 0.2) is 10.9 Å². The second-order valence-electron chi connectivity index (χ2n) is 7.54. The van der Waals surface area contributed by atoms with Gasteiger partial charge in [-0.3, -0.25) is 9.78 Å². The number of nitrogen functional groups attached to an aromatic ring is 1. The van der Waals surface area contributed by atoms with Crippen molar-refractivity contribution in [1.82, 2.24) is 15.0 Å². The summed E-state index contributed by atoms with van der Waals surface area (Å²) in [4.78, 5) is 26.3. The van der Waals surface area contributed by atoms with E-state index in [1.165, 1.54) is 11.8 Å². The lowest BCUT2D eigenvalue weighted by atomic mass is 9.69. The minimum atomic E-state index is -0.283. The molecule has 3 N–H and O–H groups in total. The van der Waals surface area contributed by atoms with Crippen molar-refractivity contribution in [1.29, 1.82) is 0 Å². The number of carbonyl (C=O) groups is 1. The van der Waals surface area contributed by atoms with Crippen LogP contribution in [-0.4, -0.2) is 27.0 Å². The molecule has 2 aromatic heterocycles. The van der Waals surface area contributed by atoms with Gasteiger partial charge in [-0.1, -0.05) is 31.7 Å². The Kier molecular flexibility index (Phi) is 3.99. The smallest absolute Gasteiger partial charge is 0.191 e. The Morgan fingerprint density at radius 3 is 2.81 bits per heavy atom. The van der Waals surface area contributed by atoms with Gasteiger partial charge in [-0.2, -0.15) is 0 Å². The molecule has 0 unspecified atom stereocenters. The molecule has 1 aliphatic carbocycles. The molecule has 3 heterocycles. The summed E-state index contributed by atoms with van der Waals surface area (Å²) in [5, 5.41) is 4.01. The van der Waals surface area contributed by atoms with Crippen LogP contribution in [0.15, 0.2) is 41.0 Å². The summed E-state index contributed by atoms with van der Waals surface area (Å²) in [6.45, 7) is 4.24. The highest BCUT2D eigenvalue weighted by molar-refractivity contribution is 7.98. The molecule has 134 valence electrons. The van der Waals surface area contributed by atoms with Gasteiger partial charge in [0.2, 0.25) is 0 Å². The summed E-state index contributed by atoms with van der Waals surface area (Å²) in [7, 11) is 0. The summed E-state index contributed by atoms with van der Waals surface area (Å²) in [6, 6.07) is 3.86. The largest absolute Gasteiger partial charge is 0.383 e. The summed E-state index contributed by atoms with van der Waals surface area (Å²) in [5.74, 6) is 0.968. The molecule has 1 aliphatic heterocycles. The van der Waals surface area contributed by atoms with E-state index in [1.807, 2.05) is 18.4 Å². The molecule has 0 fully saturated rings. The molecule has 7 heteroatoms. The van der Waals surface area contributed by atoms with Gasteiger partial charge >= 0.3 is 0 Å². The minimum Gasteiger partial charge on any atom is -0.383 e. The Labute approximate surface area is 156 Å². The Morgan fingerprint density at radius 2 is 2.12 bits per heavy atom. The van der Waals surface area contributed by atoms with Gasteiger partial charge in [0.1, 0.15) is 11.6 Å². The normalized spacial score (nSPS) is 21.0. The molecule has 0 amide bonds. The van der Waals surface area contributed by atoms with Gasteiger partial charge in [-0.25, -0.2) is 9.97 Å². The van der Waals surface area contributed by atoms with E-state index in [0.29, 0.717) is 23.2 Å². The number of ketones is 1. The molecule has 0 aromatic carbocycles. The first-order chi connectivity index (χ1) is 12.4. The third-order valence-electron chi connectivity index (χ3n) is 4.92. The van der Waals surface area contributed by atoms with Crippen LogP contribution in [0.25, 0.3) is 0 Å². The Hall–Kier alpha value is -2.41. The van der Waals surface area contributed by atoms with Gasteiger partial charge < -0.3 is 11.1 Å². The van der Waals surface area contributed by atoms with Crippen molar-refractivity contribution in [2.45, 2.75) is 37.8 Å². The number of nitrogens with zero attached hydrogens (tertiary/aromatic N) is 3. The fraction of sp³-hybridized carbons (Fsp3) is 0.368. The standard InChI is InChI=1S/C19H21N5OS/c1-19(2)7-11-14(12(25)8-19)13(10-5-4-6-21-9-10)15-16(20)23-18(26-3)24-17(15)22-11/h4-6,9,13H,7-8H2,1-3H3,(H3,20,22,23,24)/t13-/m0/s1. The third kappa shape index (κ3) is 2.76. The zero-order chi connectivity index (χ0) is 18.5. The highest BCUT2D eigenvalue weighted by Crippen LogP contribution is 2.49. The van der Waals surface area contributed by atoms with Gasteiger partial charge in [-0.05, 0) is 29.7 Å². The molecule has 2 aliphatic rings. The molecule has 0 radical (unpaired) electrons. The molecule has 0 bridgehead atoms. The molecule has 2 aromatic rings. The number of aromatic nitrogens is 3. The monoisotopic (exact) mass is 367 g/mol. The number of hydrogen-bond acceptors (Lipinski definition) is 7. The number of allylic oxidation sites excluding steroid dienone is 2. The Morgan fingerprint density at radius 1 is 1.31 bits per heavy atom. The van der Waals surface area contributed by atoms with Crippen molar-refractivity contribution < 1.29 is 4.79 Å². The number of thioether (sulfide) groups is 1. The van der Waals surface area contributed by atoms with Crippen LogP contribution >= 0.6 is 11.8 Å². The third-order valence-corrected chi connectivity index (χ3v) is 5.47. The number of rotatable bonds is 2. The van der Waals surface area contributed by atoms with E-state index < -0.39 is 0 Å². The van der Waals surface area contributed by atoms with Gasteiger partial charge in [-0.15, -0.1) is 0 Å². The molecular formula is C19H21N5OS. The van der Waals surface area contributed by atoms with E-state index in [9.17, 15) is 4.79 Å². The zero-order valence-corrected chi connectivity index (χ0v) is 15.9. The van der Waals surface area contributed by atoms with Crippen LogP contribution in [0.4, 0.5) is 11.6 Å². The maximum atomic E-state index is 13.1. The number of hydrogen-bond donors (Lipinski definition) is 2. The number of fused-ring (bicyclic) bond motifs is 1. The lowest BCUT2D eigenvalue weighted by Gasteiger charge is -2.39. The van der Waals surface area contributed by atoms with Crippen LogP contribution in [-0.2, 0) is 4.79 Å². The van der Waals surface area contributed by atoms with Crippen molar-refractivity contribution in [3.63, 3.8) is 0 Å². The van der Waals surface area contributed by atoms with E-state index in [1.54, 1.807) is 12.4 Å². The molecule has 4 rings (SSSR count). The van der Waals surface area contributed by atoms with Gasteiger partial charge in [0.25, 0.3) is 0 Å². The minimum absolute atomic E-state index is 0.0825. The van der Waals surface area contributed by atoms with Crippen LogP contribution in [0.3, 0.4) is 0 Å². The fourth-order valence-electron chi connectivity index (χ4n) is 3.89. The predicted molar refractivity (Wildman–Crippen MR) is 103 cm³/mol. The number of Topliss-reactive ketones (excluding diaryl/α,β-unsaturated/α-hetero) is 1. The van der Waals surface area contributed by atoms with Gasteiger partial charge in [0.05, 0.1) is 0 Å². The lowest BCUT2D eigenvalue weighted by molar-refractivity contribution is -0.118. The number of nitrogens with two attached hydrogens (primary N) is 1. The zero-order valence-electron chi connectivity index (χ0n) is 15.0. The SMILES string of the molecule is CSc1nc(N)c2c(n1)NC1=C(C(=O)CC(C)(C)C1)[C@@H]2c1cccnc1. The topological polar surface area (TPSA) is 93.8 Å². The lowest BCUT2D eigenvalue weighted by Crippen LogP contribution is -2.34. The van der Waals surface area contributed by atoms with E-state index in [2.05, 4.69) is 34.1 Å². The average molecular weight is 367 g/mol. The Balaban J connectivity index is 1.97. The second-order valence-corrected chi connectivity index (χ2v) is 8.31. The van der Waals surface area contributed by atoms with Crippen LogP contribution in [0.2, 0.25) is 0 Å². The fourth-order valence-corrected chi connectivity index (χ4v) is 4.26. The predicted octanol–water partition coefficient (Wildman–Crippen LogP) is 3.38. The molecule has 1 atom stereocenters. The van der Waals surface area contributed by atoms with Crippen LogP contribution in [0, 0.1) is 5.41 Å². The summed E-state index contributed by atoms with van der Waals surface area (Å²) < 4.78 is 0. The summed E-state index contributed by atoms with van der Waals surface area (Å²) >= 11 is 1.44. The first-order valence-electron chi connectivity index (χ1n) is 8.54. The van der Waals surface area contributed by atoms with E-state index in [0.717, 1.165) is 28.8 Å². The number of anilines is 2. The average Bonchev–Trinajstić information content (AvgIpc) is 2.59. The number of carbonyl (C=O) groups excluding carboxylic acids is 1. The maximum absolute atomic E-state index is 13.1. The highest BCUT2D eigenvalue weighted by atomic mass is 32.2. The van der Waals surface area contributed by atoms with Crippen molar-refractivity contribution in [3.8, 4) is 0 Å². The molecule has 0 saturated heterocycles. The first kappa shape index (κ1) is 17.0. The highest BCUT2D eigenvalue weighted by Gasteiger charge is 2.42. The van der Waals surface area contributed by atoms with Crippen LogP contribution in [0.5, 0.6) is 0 Å². The molecule has 0 saturated carbocycles. The van der Waals surface area contributed by atoms with Crippen LogP contribution < -0.4 is 11.1 Å². The van der Waals surface area contributed by atoms with Crippen molar-refractivity contribution in [3.05, 3.63) is 46.9 Å². The Bertz CT molecular complexity index is 923. The summed E-state index contributed by atoms with van der Waals surface area (Å²) in [5.41, 5.74) is 9.64. The second kappa shape index (κ2) is 6.09. The van der Waals surface area contributed by atoms with Crippen molar-refractivity contribution in [2.24, 2.45) is 5.41 Å². The quantitative estimate of drug-likeness (QED) is 0.621. The van der Waals surface area contributed by atoms with E-state index >= 15 is 0 Å².